The maximum Gasteiger partial charge on any atom is 0.245 e. The Bertz CT molecular complexity index is 606. The molecule has 6 heteroatoms. The Balaban J connectivity index is 2.43. The van der Waals surface area contributed by atoms with Crippen molar-refractivity contribution in [2.75, 3.05) is 6.54 Å². The van der Waals surface area contributed by atoms with E-state index in [-0.39, 0.29) is 4.90 Å². The molecule has 1 unspecified atom stereocenters. The van der Waals surface area contributed by atoms with E-state index in [1.807, 2.05) is 0 Å². The molecule has 1 aromatic carbocycles. The lowest BCUT2D eigenvalue weighted by atomic mass is 10.1. The van der Waals surface area contributed by atoms with Gasteiger partial charge in [-0.2, -0.15) is 9.30 Å². The number of isocyanates is 1. The summed E-state index contributed by atoms with van der Waals surface area (Å²) in [5.41, 5.74) is 0.696. The van der Waals surface area contributed by atoms with Gasteiger partial charge in [0.05, 0.1) is 4.90 Å². The van der Waals surface area contributed by atoms with Gasteiger partial charge in [-0.3, -0.25) is 0 Å². The van der Waals surface area contributed by atoms with Gasteiger partial charge < -0.3 is 0 Å². The third-order valence-electron chi connectivity index (χ3n) is 3.31. The van der Waals surface area contributed by atoms with Crippen molar-refractivity contribution in [2.24, 2.45) is 4.99 Å². The van der Waals surface area contributed by atoms with Gasteiger partial charge >= 0.3 is 0 Å². The van der Waals surface area contributed by atoms with Crippen LogP contribution in [0, 0.1) is 6.92 Å². The summed E-state index contributed by atoms with van der Waals surface area (Å²) in [7, 11) is -3.60. The normalized spacial score (nSPS) is 20.8. The highest BCUT2D eigenvalue weighted by atomic mass is 32.2. The van der Waals surface area contributed by atoms with Crippen molar-refractivity contribution in [1.82, 2.24) is 4.31 Å². The Kier molecular flexibility index (Phi) is 4.14. The molecule has 0 bridgehead atoms. The number of sulfonamides is 1. The summed E-state index contributed by atoms with van der Waals surface area (Å²) in [6, 6.07) is 6.84. The topological polar surface area (TPSA) is 66.8 Å². The fraction of sp³-hybridized carbons (Fsp3) is 0.462. The predicted molar refractivity (Wildman–Crippen MR) is 70.8 cm³/mol. The molecule has 0 amide bonds. The van der Waals surface area contributed by atoms with Crippen molar-refractivity contribution in [2.45, 2.75) is 37.2 Å². The molecule has 0 saturated carbocycles. The maximum atomic E-state index is 12.6. The van der Waals surface area contributed by atoms with E-state index in [0.29, 0.717) is 18.5 Å². The van der Waals surface area contributed by atoms with Gasteiger partial charge in [-0.25, -0.2) is 13.2 Å². The lowest BCUT2D eigenvalue weighted by Crippen LogP contribution is -2.42. The zero-order chi connectivity index (χ0) is 13.9. The molecule has 5 nitrogen and oxygen atoms in total. The van der Waals surface area contributed by atoms with Crippen LogP contribution in [0.2, 0.25) is 0 Å². The summed E-state index contributed by atoms with van der Waals surface area (Å²) >= 11 is 0. The third kappa shape index (κ3) is 2.76. The number of piperidine rings is 1. The van der Waals surface area contributed by atoms with Crippen molar-refractivity contribution >= 4 is 16.1 Å². The lowest BCUT2D eigenvalue weighted by molar-refractivity contribution is 0.259. The van der Waals surface area contributed by atoms with Crippen LogP contribution in [-0.2, 0) is 14.8 Å². The standard InChI is InChI=1S/C13H16N2O3S/c1-11-6-2-3-7-12(11)19(17,18)15-9-5-4-8-13(15)14-10-16/h2-3,6-7,13H,4-5,8-9H2,1H3. The summed E-state index contributed by atoms with van der Waals surface area (Å²) in [5, 5.41) is 0. The van der Waals surface area contributed by atoms with Gasteiger partial charge in [-0.15, -0.1) is 0 Å². The van der Waals surface area contributed by atoms with Crippen molar-refractivity contribution in [3.05, 3.63) is 29.8 Å². The van der Waals surface area contributed by atoms with E-state index in [2.05, 4.69) is 4.99 Å². The molecular formula is C13H16N2O3S. The zero-order valence-electron chi connectivity index (χ0n) is 10.7. The monoisotopic (exact) mass is 280 g/mol. The number of aliphatic imine (C=N–C) groups is 1. The van der Waals surface area contributed by atoms with Crippen LogP contribution in [0.5, 0.6) is 0 Å². The first-order chi connectivity index (χ1) is 9.07. The molecule has 1 fully saturated rings. The van der Waals surface area contributed by atoms with E-state index in [9.17, 15) is 13.2 Å². The van der Waals surface area contributed by atoms with Crippen LogP contribution < -0.4 is 0 Å². The minimum atomic E-state index is -3.60. The number of aryl methyl sites for hydroxylation is 1. The van der Waals surface area contributed by atoms with E-state index in [1.54, 1.807) is 31.2 Å². The van der Waals surface area contributed by atoms with Gasteiger partial charge in [0.25, 0.3) is 0 Å². The van der Waals surface area contributed by atoms with Crippen LogP contribution in [0.1, 0.15) is 24.8 Å². The molecule has 0 aromatic heterocycles. The molecule has 102 valence electrons. The van der Waals surface area contributed by atoms with E-state index in [0.717, 1.165) is 12.8 Å². The Morgan fingerprint density at radius 1 is 1.32 bits per heavy atom. The second-order valence-corrected chi connectivity index (χ2v) is 6.44. The molecule has 0 aliphatic carbocycles. The van der Waals surface area contributed by atoms with Gasteiger partial charge in [-0.1, -0.05) is 18.2 Å². The van der Waals surface area contributed by atoms with E-state index >= 15 is 0 Å². The maximum absolute atomic E-state index is 12.6. The quantitative estimate of drug-likeness (QED) is 0.626. The van der Waals surface area contributed by atoms with E-state index < -0.39 is 16.2 Å². The molecule has 1 aromatic rings. The molecule has 2 rings (SSSR count). The van der Waals surface area contributed by atoms with Crippen LogP contribution in [0.3, 0.4) is 0 Å². The summed E-state index contributed by atoms with van der Waals surface area (Å²) in [4.78, 5) is 14.3. The number of hydrogen-bond acceptors (Lipinski definition) is 4. The molecule has 0 N–H and O–H groups in total. The average molecular weight is 280 g/mol. The number of rotatable bonds is 3. The second kappa shape index (κ2) is 5.65. The molecule has 1 aliphatic rings. The number of hydrogen-bond donors (Lipinski definition) is 0. The predicted octanol–water partition coefficient (Wildman–Crippen LogP) is 1.83. The molecule has 1 saturated heterocycles. The lowest BCUT2D eigenvalue weighted by Gasteiger charge is -2.31. The van der Waals surface area contributed by atoms with Crippen LogP contribution >= 0.6 is 0 Å². The number of nitrogens with zero attached hydrogens (tertiary/aromatic N) is 2. The highest BCUT2D eigenvalue weighted by Gasteiger charge is 2.34. The largest absolute Gasteiger partial charge is 0.245 e. The van der Waals surface area contributed by atoms with Crippen LogP contribution in [0.25, 0.3) is 0 Å². The minimum Gasteiger partial charge on any atom is -0.211 e. The van der Waals surface area contributed by atoms with Crippen molar-refractivity contribution in [3.63, 3.8) is 0 Å². The Labute approximate surface area is 113 Å². The highest BCUT2D eigenvalue weighted by Crippen LogP contribution is 2.27. The molecular weight excluding hydrogens is 264 g/mol. The summed E-state index contributed by atoms with van der Waals surface area (Å²) in [6.45, 7) is 2.15. The van der Waals surface area contributed by atoms with Crippen molar-refractivity contribution < 1.29 is 13.2 Å². The number of carbonyl (C=O) groups excluding carboxylic acids is 1. The molecule has 1 heterocycles. The van der Waals surface area contributed by atoms with Gasteiger partial charge in [0.2, 0.25) is 16.1 Å². The second-order valence-electron chi connectivity index (χ2n) is 4.58. The Morgan fingerprint density at radius 3 is 2.74 bits per heavy atom. The molecule has 1 aliphatic heterocycles. The van der Waals surface area contributed by atoms with Crippen molar-refractivity contribution in [3.8, 4) is 0 Å². The van der Waals surface area contributed by atoms with Gasteiger partial charge in [0.1, 0.15) is 6.17 Å². The summed E-state index contributed by atoms with van der Waals surface area (Å²) in [5.74, 6) is 0. The Hall–Kier alpha value is -1.49. The number of benzene rings is 1. The van der Waals surface area contributed by atoms with E-state index in [1.165, 1.54) is 10.4 Å². The first-order valence-electron chi connectivity index (χ1n) is 6.22. The first-order valence-corrected chi connectivity index (χ1v) is 7.66. The minimum absolute atomic E-state index is 0.281. The molecule has 19 heavy (non-hydrogen) atoms. The fourth-order valence-corrected chi connectivity index (χ4v) is 4.15. The van der Waals surface area contributed by atoms with Crippen LogP contribution in [-0.4, -0.2) is 31.5 Å². The fourth-order valence-electron chi connectivity index (χ4n) is 2.33. The van der Waals surface area contributed by atoms with Crippen LogP contribution in [0.4, 0.5) is 0 Å². The van der Waals surface area contributed by atoms with Gasteiger partial charge in [-0.05, 0) is 37.8 Å². The highest BCUT2D eigenvalue weighted by molar-refractivity contribution is 7.89. The SMILES string of the molecule is Cc1ccccc1S(=O)(=O)N1CCCCC1N=C=O. The van der Waals surface area contributed by atoms with Gasteiger partial charge in [0.15, 0.2) is 0 Å². The average Bonchev–Trinajstić information content (AvgIpc) is 2.40. The summed E-state index contributed by atoms with van der Waals surface area (Å²) in [6.07, 6.45) is 3.09. The Morgan fingerprint density at radius 2 is 2.05 bits per heavy atom. The van der Waals surface area contributed by atoms with E-state index in [4.69, 9.17) is 0 Å². The molecule has 0 spiro atoms. The van der Waals surface area contributed by atoms with Gasteiger partial charge in [0, 0.05) is 6.54 Å². The third-order valence-corrected chi connectivity index (χ3v) is 5.36. The van der Waals surface area contributed by atoms with Crippen molar-refractivity contribution in [1.29, 1.82) is 0 Å². The smallest absolute Gasteiger partial charge is 0.211 e. The summed E-state index contributed by atoms with van der Waals surface area (Å²) < 4.78 is 26.6. The molecule has 1 atom stereocenters. The zero-order valence-corrected chi connectivity index (χ0v) is 11.6. The molecule has 0 radical (unpaired) electrons. The first kappa shape index (κ1) is 13.9. The van der Waals surface area contributed by atoms with Crippen LogP contribution in [0.15, 0.2) is 34.2 Å².